The lowest BCUT2D eigenvalue weighted by Crippen LogP contribution is -2.01. The van der Waals surface area contributed by atoms with Crippen molar-refractivity contribution in [2.24, 2.45) is 0 Å². The summed E-state index contributed by atoms with van der Waals surface area (Å²) < 4.78 is 2.46. The highest BCUT2D eigenvalue weighted by Gasteiger charge is 2.25. The van der Waals surface area contributed by atoms with E-state index in [1.165, 1.54) is 49.3 Å². The number of hydrogen-bond donors (Lipinski definition) is 0. The summed E-state index contributed by atoms with van der Waals surface area (Å²) in [7, 11) is 0. The van der Waals surface area contributed by atoms with Crippen LogP contribution in [0.15, 0.2) is 158 Å². The van der Waals surface area contributed by atoms with Gasteiger partial charge < -0.3 is 4.57 Å². The quantitative estimate of drug-likeness (QED) is 0.203. The molecule has 1 aliphatic rings. The maximum absolute atomic E-state index is 5.05. The Bertz CT molecular complexity index is 2620. The molecule has 3 heterocycles. The van der Waals surface area contributed by atoms with E-state index in [2.05, 4.69) is 102 Å². The summed E-state index contributed by atoms with van der Waals surface area (Å²) in [6, 6.07) is 55.6. The first-order chi connectivity index (χ1) is 23.3. The first-order valence-electron chi connectivity index (χ1n) is 15.9. The van der Waals surface area contributed by atoms with Gasteiger partial charge in [-0.25, -0.2) is 15.0 Å². The number of benzene rings is 7. The van der Waals surface area contributed by atoms with Crippen molar-refractivity contribution < 1.29 is 0 Å². The molecule has 0 spiro atoms. The van der Waals surface area contributed by atoms with Crippen molar-refractivity contribution in [3.05, 3.63) is 158 Å². The fourth-order valence-corrected chi connectivity index (χ4v) is 7.28. The van der Waals surface area contributed by atoms with Crippen molar-refractivity contribution in [2.45, 2.75) is 0 Å². The van der Waals surface area contributed by atoms with Crippen LogP contribution in [-0.2, 0) is 0 Å². The van der Waals surface area contributed by atoms with Crippen molar-refractivity contribution in [3.63, 3.8) is 0 Å². The van der Waals surface area contributed by atoms with Gasteiger partial charge in [-0.05, 0) is 46.2 Å². The highest BCUT2D eigenvalue weighted by molar-refractivity contribution is 6.24. The fourth-order valence-electron chi connectivity index (χ4n) is 7.28. The number of fused-ring (bicyclic) bond motifs is 10. The molecule has 0 unspecified atom stereocenters. The number of hydrogen-bond acceptors (Lipinski definition) is 3. The maximum atomic E-state index is 5.05. The Kier molecular flexibility index (Phi) is 5.54. The first kappa shape index (κ1) is 25.9. The molecule has 0 aliphatic carbocycles. The summed E-state index contributed by atoms with van der Waals surface area (Å²) in [6.45, 7) is 0. The zero-order chi connectivity index (χ0) is 30.9. The lowest BCUT2D eigenvalue weighted by molar-refractivity contribution is 1.07. The molecular weight excluding hydrogens is 573 g/mol. The summed E-state index contributed by atoms with van der Waals surface area (Å²) in [5.74, 6) is 1.96. The lowest BCUT2D eigenvalue weighted by atomic mass is 9.92. The predicted molar refractivity (Wildman–Crippen MR) is 192 cm³/mol. The number of nitrogens with zero attached hydrogens (tertiary/aromatic N) is 4. The molecule has 0 amide bonds. The van der Waals surface area contributed by atoms with Crippen LogP contribution in [0.3, 0.4) is 0 Å². The molecule has 1 aliphatic heterocycles. The Labute approximate surface area is 271 Å². The molecule has 4 nitrogen and oxygen atoms in total. The monoisotopic (exact) mass is 598 g/mol. The second kappa shape index (κ2) is 10.1. The summed E-state index contributed by atoms with van der Waals surface area (Å²) >= 11 is 0. The number of para-hydroxylation sites is 1. The lowest BCUT2D eigenvalue weighted by Gasteiger charge is -2.15. The topological polar surface area (TPSA) is 43.6 Å². The fraction of sp³-hybridized carbons (Fsp3) is 0. The van der Waals surface area contributed by atoms with E-state index in [1.807, 2.05) is 60.7 Å². The Morgan fingerprint density at radius 3 is 1.68 bits per heavy atom. The molecule has 0 bridgehead atoms. The smallest absolute Gasteiger partial charge is 0.164 e. The standard InChI is InChI=1S/C43H26N4/c1-3-13-28(14-4-1)41-44-42(29-15-5-2-6-16-29)46-43(45-41)30-23-24-37-36(26-30)33-19-10-9-18-32(33)34-20-11-21-35-39-31-17-8-7-12-27(31)22-25-38(39)47(37)40(34)35/h1-26H. The van der Waals surface area contributed by atoms with Crippen molar-refractivity contribution in [2.75, 3.05) is 0 Å². The van der Waals surface area contributed by atoms with E-state index in [1.54, 1.807) is 0 Å². The van der Waals surface area contributed by atoms with E-state index in [-0.39, 0.29) is 0 Å². The van der Waals surface area contributed by atoms with Gasteiger partial charge in [0.15, 0.2) is 17.5 Å². The van der Waals surface area contributed by atoms with Gasteiger partial charge in [0, 0.05) is 38.6 Å². The molecule has 7 aromatic carbocycles. The Balaban J connectivity index is 1.27. The molecule has 0 atom stereocenters. The highest BCUT2D eigenvalue weighted by Crippen LogP contribution is 2.48. The molecule has 2 aromatic heterocycles. The Morgan fingerprint density at radius 1 is 0.383 bits per heavy atom. The summed E-state index contributed by atoms with van der Waals surface area (Å²) in [6.07, 6.45) is 0. The van der Waals surface area contributed by atoms with Gasteiger partial charge >= 0.3 is 0 Å². The summed E-state index contributed by atoms with van der Waals surface area (Å²) in [4.78, 5) is 15.0. The summed E-state index contributed by atoms with van der Waals surface area (Å²) in [5, 5.41) is 5.06. The molecule has 10 rings (SSSR count). The van der Waals surface area contributed by atoms with Crippen molar-refractivity contribution in [3.8, 4) is 62.1 Å². The molecule has 4 heteroatoms. The van der Waals surface area contributed by atoms with Crippen LogP contribution in [0.2, 0.25) is 0 Å². The predicted octanol–water partition coefficient (Wildman–Crippen LogP) is 10.8. The van der Waals surface area contributed by atoms with Gasteiger partial charge in [0.1, 0.15) is 0 Å². The van der Waals surface area contributed by atoms with Crippen LogP contribution < -0.4 is 0 Å². The van der Waals surface area contributed by atoms with E-state index >= 15 is 0 Å². The zero-order valence-electron chi connectivity index (χ0n) is 25.3. The molecule has 0 saturated carbocycles. The minimum absolute atomic E-state index is 0.647. The molecule has 0 fully saturated rings. The van der Waals surface area contributed by atoms with Crippen LogP contribution in [0.1, 0.15) is 0 Å². The van der Waals surface area contributed by atoms with Crippen LogP contribution in [-0.4, -0.2) is 19.5 Å². The molecule has 9 aromatic rings. The maximum Gasteiger partial charge on any atom is 0.164 e. The van der Waals surface area contributed by atoms with Gasteiger partial charge in [-0.2, -0.15) is 0 Å². The van der Waals surface area contributed by atoms with E-state index in [0.29, 0.717) is 17.5 Å². The Hall–Kier alpha value is -6.39. The molecule has 0 radical (unpaired) electrons. The third-order valence-electron chi connectivity index (χ3n) is 9.38. The first-order valence-corrected chi connectivity index (χ1v) is 15.9. The van der Waals surface area contributed by atoms with E-state index in [4.69, 9.17) is 15.0 Å². The third kappa shape index (κ3) is 3.92. The SMILES string of the molecule is c1ccc(-c2nc(-c3ccccc3)nc(-c3ccc4c(c3)-c3ccccc3-c3cccc5c6c7ccccc7ccc6n-4c35)n2)cc1. The number of aromatic nitrogens is 4. The average molecular weight is 599 g/mol. The minimum Gasteiger partial charge on any atom is -0.308 e. The summed E-state index contributed by atoms with van der Waals surface area (Å²) in [5.41, 5.74) is 11.2. The Morgan fingerprint density at radius 2 is 0.957 bits per heavy atom. The molecule has 0 saturated heterocycles. The number of rotatable bonds is 3. The highest BCUT2D eigenvalue weighted by atomic mass is 15.0. The largest absolute Gasteiger partial charge is 0.308 e. The third-order valence-corrected chi connectivity index (χ3v) is 9.38. The van der Waals surface area contributed by atoms with Gasteiger partial charge in [0.25, 0.3) is 0 Å². The van der Waals surface area contributed by atoms with Crippen molar-refractivity contribution >= 4 is 32.6 Å². The van der Waals surface area contributed by atoms with Gasteiger partial charge in [-0.3, -0.25) is 0 Å². The molecule has 47 heavy (non-hydrogen) atoms. The van der Waals surface area contributed by atoms with Crippen molar-refractivity contribution in [1.82, 2.24) is 19.5 Å². The zero-order valence-corrected chi connectivity index (χ0v) is 25.3. The van der Waals surface area contributed by atoms with Crippen LogP contribution in [0.5, 0.6) is 0 Å². The minimum atomic E-state index is 0.647. The van der Waals surface area contributed by atoms with E-state index < -0.39 is 0 Å². The van der Waals surface area contributed by atoms with Gasteiger partial charge in [-0.15, -0.1) is 0 Å². The van der Waals surface area contributed by atoms with Gasteiger partial charge in [0.05, 0.1) is 16.7 Å². The van der Waals surface area contributed by atoms with E-state index in [0.717, 1.165) is 27.9 Å². The second-order valence-corrected chi connectivity index (χ2v) is 12.0. The van der Waals surface area contributed by atoms with Gasteiger partial charge in [0.2, 0.25) is 0 Å². The van der Waals surface area contributed by atoms with E-state index in [9.17, 15) is 0 Å². The van der Waals surface area contributed by atoms with Crippen LogP contribution in [0.4, 0.5) is 0 Å². The van der Waals surface area contributed by atoms with Crippen LogP contribution in [0.25, 0.3) is 94.7 Å². The van der Waals surface area contributed by atoms with Crippen LogP contribution in [0, 0.1) is 0 Å². The molecule has 0 N–H and O–H groups in total. The normalized spacial score (nSPS) is 11.8. The average Bonchev–Trinajstić information content (AvgIpc) is 3.44. The van der Waals surface area contributed by atoms with Crippen molar-refractivity contribution in [1.29, 1.82) is 0 Å². The van der Waals surface area contributed by atoms with Gasteiger partial charge in [-0.1, -0.05) is 133 Å². The second-order valence-electron chi connectivity index (χ2n) is 12.0. The van der Waals surface area contributed by atoms with Crippen LogP contribution >= 0.6 is 0 Å². The molecular formula is C43H26N4. The molecule has 218 valence electrons.